The van der Waals surface area contributed by atoms with E-state index in [2.05, 4.69) is 26.6 Å². The number of aliphatic carboxylic acids is 2. The Bertz CT molecular complexity index is 1760. The molecule has 0 spiro atoms. The highest BCUT2D eigenvalue weighted by atomic mass is 16.4. The lowest BCUT2D eigenvalue weighted by Crippen LogP contribution is -2.54. The van der Waals surface area contributed by atoms with Crippen LogP contribution in [0.3, 0.4) is 0 Å². The number of amides is 6. The van der Waals surface area contributed by atoms with E-state index < -0.39 is 109 Å². The summed E-state index contributed by atoms with van der Waals surface area (Å²) >= 11 is 0. The Balaban J connectivity index is 1.65. The maximum atomic E-state index is 13.1. The van der Waals surface area contributed by atoms with Crippen LogP contribution in [0.4, 0.5) is 5.69 Å². The highest BCUT2D eigenvalue weighted by Gasteiger charge is 2.32. The molecule has 0 saturated heterocycles. The van der Waals surface area contributed by atoms with Gasteiger partial charge in [-0.15, -0.1) is 0 Å². The molecule has 2 aromatic carbocycles. The number of fused-ring (bicyclic) bond motifs is 3. The third-order valence-electron chi connectivity index (χ3n) is 7.32. The van der Waals surface area contributed by atoms with Gasteiger partial charge in [0, 0.05) is 36.6 Å². The van der Waals surface area contributed by atoms with Crippen LogP contribution in [-0.2, 0) is 38.4 Å². The van der Waals surface area contributed by atoms with E-state index in [-0.39, 0.29) is 23.2 Å². The van der Waals surface area contributed by atoms with E-state index in [1.807, 2.05) is 0 Å². The Kier molecular flexibility index (Phi) is 13.0. The minimum Gasteiger partial charge on any atom is -0.481 e. The molecular formula is C32H34N6O12. The molecule has 1 aliphatic carbocycles. The van der Waals surface area contributed by atoms with Crippen molar-refractivity contribution in [2.75, 3.05) is 11.9 Å². The quantitative estimate of drug-likeness (QED) is 0.0913. The number of rotatable bonds is 17. The van der Waals surface area contributed by atoms with Gasteiger partial charge in [-0.1, -0.05) is 30.3 Å². The lowest BCUT2D eigenvalue weighted by atomic mass is 9.84. The predicted molar refractivity (Wildman–Crippen MR) is 171 cm³/mol. The van der Waals surface area contributed by atoms with E-state index in [0.29, 0.717) is 11.1 Å². The summed E-state index contributed by atoms with van der Waals surface area (Å²) in [6, 6.07) is 6.08. The van der Waals surface area contributed by atoms with Gasteiger partial charge in [0.25, 0.3) is 0 Å². The molecule has 2 unspecified atom stereocenters. The Morgan fingerprint density at radius 2 is 1.30 bits per heavy atom. The monoisotopic (exact) mass is 694 g/mol. The standard InChI is InChI=1S/C32H34N6O12/c1-15(39)35-21(9-11-27(43)44)30(47)34-14-26(42)37-22(8-10-24(33)40)31(48)38-23(32(49)50)13-25(41)36-16-6-7-18-17-4-2-3-5-19(17)28(45)29(46)20(18)12-16/h2-7,12,21-23H,8-11,13-14H2,1H3,(H2,33,40)(H,34,47)(H,35,39)(H,36,41)(H,37,42)(H,38,48)(H,43,44)(H,49,50)/t21?,22?,23-/m0/s1. The highest BCUT2D eigenvalue weighted by Crippen LogP contribution is 2.34. The number of carbonyl (C=O) groups excluding carboxylic acids is 8. The Morgan fingerprint density at radius 3 is 1.92 bits per heavy atom. The molecule has 0 aliphatic heterocycles. The lowest BCUT2D eigenvalue weighted by Gasteiger charge is -2.22. The van der Waals surface area contributed by atoms with Gasteiger partial charge in [0.05, 0.1) is 13.0 Å². The topological polar surface area (TPSA) is 297 Å². The summed E-state index contributed by atoms with van der Waals surface area (Å²) in [6.45, 7) is 0.343. The van der Waals surface area contributed by atoms with Crippen molar-refractivity contribution in [3.63, 3.8) is 0 Å². The fourth-order valence-corrected chi connectivity index (χ4v) is 4.95. The van der Waals surface area contributed by atoms with Crippen molar-refractivity contribution in [1.82, 2.24) is 21.3 Å². The third-order valence-corrected chi connectivity index (χ3v) is 7.32. The van der Waals surface area contributed by atoms with Gasteiger partial charge >= 0.3 is 11.9 Å². The van der Waals surface area contributed by atoms with Crippen LogP contribution in [0.1, 0.15) is 59.7 Å². The van der Waals surface area contributed by atoms with Gasteiger partial charge in [-0.3, -0.25) is 43.2 Å². The first-order valence-electron chi connectivity index (χ1n) is 15.1. The number of nitrogens with one attached hydrogen (secondary N) is 5. The summed E-state index contributed by atoms with van der Waals surface area (Å²) in [4.78, 5) is 122. The predicted octanol–water partition coefficient (Wildman–Crippen LogP) is -1.13. The second-order valence-electron chi connectivity index (χ2n) is 11.1. The molecule has 1 aliphatic rings. The van der Waals surface area contributed by atoms with Crippen molar-refractivity contribution in [3.05, 3.63) is 53.6 Å². The van der Waals surface area contributed by atoms with Gasteiger partial charge in [-0.05, 0) is 36.1 Å². The maximum Gasteiger partial charge on any atom is 0.326 e. The Hall–Kier alpha value is -6.46. The van der Waals surface area contributed by atoms with Crippen molar-refractivity contribution < 1.29 is 58.2 Å². The van der Waals surface area contributed by atoms with E-state index in [4.69, 9.17) is 10.8 Å². The SMILES string of the molecule is CC(=O)NC(CCC(=O)O)C(=O)NCC(=O)NC(CCC(N)=O)C(=O)N[C@@H](CC(=O)Nc1ccc2c(c1)C(=O)C(=O)c1ccccc1-2)C(=O)O. The van der Waals surface area contributed by atoms with Gasteiger partial charge in [0.15, 0.2) is 0 Å². The summed E-state index contributed by atoms with van der Waals surface area (Å²) in [6.07, 6.45) is -2.38. The number of carboxylic acids is 2. The zero-order valence-electron chi connectivity index (χ0n) is 26.6. The van der Waals surface area contributed by atoms with Gasteiger partial charge in [0.2, 0.25) is 47.0 Å². The molecule has 264 valence electrons. The third kappa shape index (κ3) is 10.5. The average molecular weight is 695 g/mol. The number of carboxylic acid groups (broad SMARTS) is 2. The number of primary amides is 1. The fourth-order valence-electron chi connectivity index (χ4n) is 4.95. The average Bonchev–Trinajstić information content (AvgIpc) is 3.05. The van der Waals surface area contributed by atoms with E-state index in [1.54, 1.807) is 18.2 Å². The van der Waals surface area contributed by atoms with Crippen LogP contribution >= 0.6 is 0 Å². The molecule has 9 N–H and O–H groups in total. The molecular weight excluding hydrogens is 660 g/mol. The molecule has 0 aromatic heterocycles. The van der Waals surface area contributed by atoms with Crippen LogP contribution < -0.4 is 32.3 Å². The maximum absolute atomic E-state index is 13.1. The van der Waals surface area contributed by atoms with Crippen molar-refractivity contribution >= 4 is 64.6 Å². The number of ketones is 2. The fraction of sp³-hybridized carbons (Fsp3) is 0.312. The Morgan fingerprint density at radius 1 is 0.700 bits per heavy atom. The molecule has 18 nitrogen and oxygen atoms in total. The first-order valence-corrected chi connectivity index (χ1v) is 15.1. The minimum atomic E-state index is -1.84. The summed E-state index contributed by atoms with van der Waals surface area (Å²) in [5.74, 6) is -9.75. The van der Waals surface area contributed by atoms with Crippen molar-refractivity contribution in [3.8, 4) is 11.1 Å². The number of hydrogen-bond acceptors (Lipinski definition) is 10. The molecule has 0 heterocycles. The molecule has 3 atom stereocenters. The zero-order valence-corrected chi connectivity index (χ0v) is 26.6. The summed E-state index contributed by atoms with van der Waals surface area (Å²) < 4.78 is 0. The zero-order chi connectivity index (χ0) is 37.1. The molecule has 0 saturated carbocycles. The molecule has 50 heavy (non-hydrogen) atoms. The second-order valence-corrected chi connectivity index (χ2v) is 11.1. The number of benzene rings is 2. The number of Topliss-reactive ketones (excluding diaryl/α,β-unsaturated/α-hetero) is 2. The number of hydrogen-bond donors (Lipinski definition) is 8. The van der Waals surface area contributed by atoms with Gasteiger partial charge < -0.3 is 42.5 Å². The van der Waals surface area contributed by atoms with Crippen LogP contribution in [0.5, 0.6) is 0 Å². The summed E-state index contributed by atoms with van der Waals surface area (Å²) in [5.41, 5.74) is 6.50. The molecule has 0 radical (unpaired) electrons. The number of nitrogens with two attached hydrogens (primary N) is 1. The smallest absolute Gasteiger partial charge is 0.326 e. The van der Waals surface area contributed by atoms with Crippen LogP contribution in [0, 0.1) is 0 Å². The Labute approximate surface area is 283 Å². The van der Waals surface area contributed by atoms with E-state index >= 15 is 0 Å². The first kappa shape index (κ1) is 38.0. The van der Waals surface area contributed by atoms with E-state index in [0.717, 1.165) is 6.92 Å². The normalized spacial score (nSPS) is 13.3. The van der Waals surface area contributed by atoms with Crippen LogP contribution in [-0.4, -0.2) is 93.8 Å². The molecule has 6 amide bonds. The number of carbonyl (C=O) groups is 10. The van der Waals surface area contributed by atoms with Crippen molar-refractivity contribution in [2.24, 2.45) is 5.73 Å². The lowest BCUT2D eigenvalue weighted by molar-refractivity contribution is -0.143. The molecule has 0 fully saturated rings. The molecule has 0 bridgehead atoms. The molecule has 3 rings (SSSR count). The number of anilines is 1. The van der Waals surface area contributed by atoms with Gasteiger partial charge in [-0.25, -0.2) is 4.79 Å². The van der Waals surface area contributed by atoms with Crippen molar-refractivity contribution in [2.45, 2.75) is 57.2 Å². The van der Waals surface area contributed by atoms with E-state index in [1.165, 1.54) is 24.3 Å². The van der Waals surface area contributed by atoms with Crippen molar-refractivity contribution in [1.29, 1.82) is 0 Å². The largest absolute Gasteiger partial charge is 0.481 e. The van der Waals surface area contributed by atoms with E-state index in [9.17, 15) is 53.1 Å². The second kappa shape index (κ2) is 17.1. The summed E-state index contributed by atoms with van der Waals surface area (Å²) in [7, 11) is 0. The first-order chi connectivity index (χ1) is 23.6. The van der Waals surface area contributed by atoms with Gasteiger partial charge in [-0.2, -0.15) is 0 Å². The molecule has 2 aromatic rings. The van der Waals surface area contributed by atoms with Crippen LogP contribution in [0.15, 0.2) is 42.5 Å². The highest BCUT2D eigenvalue weighted by molar-refractivity contribution is 6.53. The van der Waals surface area contributed by atoms with Gasteiger partial charge in [0.1, 0.15) is 18.1 Å². The summed E-state index contributed by atoms with van der Waals surface area (Å²) in [5, 5.41) is 29.8. The van der Waals surface area contributed by atoms with Crippen LogP contribution in [0.2, 0.25) is 0 Å². The molecule has 18 heteroatoms. The van der Waals surface area contributed by atoms with Crippen LogP contribution in [0.25, 0.3) is 11.1 Å². The minimum absolute atomic E-state index is 0.0321.